The second-order valence-electron chi connectivity index (χ2n) is 6.40. The first-order valence-corrected chi connectivity index (χ1v) is 9.35. The molecule has 1 heterocycles. The van der Waals surface area contributed by atoms with Gasteiger partial charge in [-0.15, -0.1) is 0 Å². The first-order valence-electron chi connectivity index (χ1n) is 8.97. The summed E-state index contributed by atoms with van der Waals surface area (Å²) < 4.78 is 20.6. The third-order valence-corrected chi connectivity index (χ3v) is 4.47. The Labute approximate surface area is 173 Å². The van der Waals surface area contributed by atoms with Crippen molar-refractivity contribution in [2.75, 3.05) is 11.9 Å². The van der Waals surface area contributed by atoms with E-state index < -0.39 is 24.3 Å². The smallest absolute Gasteiger partial charge is 0.349 e. The number of rotatable bonds is 7. The highest BCUT2D eigenvalue weighted by molar-refractivity contribution is 6.30. The highest BCUT2D eigenvalue weighted by Crippen LogP contribution is 2.20. The van der Waals surface area contributed by atoms with Crippen molar-refractivity contribution >= 4 is 35.2 Å². The number of aryl methyl sites for hydroxylation is 1. The van der Waals surface area contributed by atoms with E-state index in [4.69, 9.17) is 16.3 Å². The minimum Gasteiger partial charge on any atom is -0.451 e. The van der Waals surface area contributed by atoms with Gasteiger partial charge >= 0.3 is 5.97 Å². The number of anilines is 1. The minimum atomic E-state index is -0.936. The predicted octanol–water partition coefficient (Wildman–Crippen LogP) is 4.40. The highest BCUT2D eigenvalue weighted by Gasteiger charge is 2.16. The molecule has 0 radical (unpaired) electrons. The first kappa shape index (κ1) is 22.2. The van der Waals surface area contributed by atoms with Crippen LogP contribution in [-0.2, 0) is 20.9 Å². The van der Waals surface area contributed by atoms with Crippen LogP contribution in [0.15, 0.2) is 29.8 Å². The van der Waals surface area contributed by atoms with E-state index in [9.17, 15) is 19.2 Å². The summed E-state index contributed by atoms with van der Waals surface area (Å²) in [6, 6.07) is 7.36. The molecule has 2 rings (SSSR count). The molecule has 0 spiro atoms. The molecule has 0 aliphatic carbocycles. The van der Waals surface area contributed by atoms with E-state index in [-0.39, 0.29) is 16.3 Å². The molecule has 0 saturated heterocycles. The number of nitrogens with one attached hydrogen (secondary N) is 1. The van der Waals surface area contributed by atoms with E-state index >= 15 is 0 Å². The standard InChI is InChI=1S/C21H21ClFN3O3/c1-4-7-26-13(2)8-15(14(26)3)9-16(11-24)21(28)29-12-20(27)25-19-10-17(22)5-6-18(19)23/h5-6,8-10H,4,7,12H2,1-3H3,(H,25,27)/b16-9+. The molecule has 0 aliphatic rings. The van der Waals surface area contributed by atoms with Gasteiger partial charge < -0.3 is 14.6 Å². The summed E-state index contributed by atoms with van der Waals surface area (Å²) >= 11 is 5.76. The van der Waals surface area contributed by atoms with Gasteiger partial charge in [-0.25, -0.2) is 9.18 Å². The Hall–Kier alpha value is -3.11. The van der Waals surface area contributed by atoms with Gasteiger partial charge in [-0.1, -0.05) is 18.5 Å². The number of amides is 1. The van der Waals surface area contributed by atoms with Crippen molar-refractivity contribution in [2.24, 2.45) is 0 Å². The van der Waals surface area contributed by atoms with Crippen molar-refractivity contribution in [1.29, 1.82) is 5.26 Å². The Morgan fingerprint density at radius 3 is 2.72 bits per heavy atom. The summed E-state index contributed by atoms with van der Waals surface area (Å²) in [5, 5.41) is 11.8. The molecule has 1 amide bonds. The maximum absolute atomic E-state index is 13.6. The molecule has 29 heavy (non-hydrogen) atoms. The number of halogens is 2. The molecule has 2 aromatic rings. The lowest BCUT2D eigenvalue weighted by Gasteiger charge is -2.08. The number of carbonyl (C=O) groups is 2. The number of ether oxygens (including phenoxy) is 1. The van der Waals surface area contributed by atoms with Crippen LogP contribution >= 0.6 is 11.6 Å². The zero-order valence-electron chi connectivity index (χ0n) is 16.4. The number of nitrogens with zero attached hydrogens (tertiary/aromatic N) is 2. The SMILES string of the molecule is CCCn1c(C)cc(/C=C(\C#N)C(=O)OCC(=O)Nc2cc(Cl)ccc2F)c1C. The molecule has 0 atom stereocenters. The maximum Gasteiger partial charge on any atom is 0.349 e. The molecular formula is C21H21ClFN3O3. The Bertz CT molecular complexity index is 1010. The topological polar surface area (TPSA) is 84.1 Å². The Kier molecular flexibility index (Phi) is 7.57. The molecule has 1 aromatic heterocycles. The van der Waals surface area contributed by atoms with Gasteiger partial charge in [0, 0.05) is 23.0 Å². The lowest BCUT2D eigenvalue weighted by atomic mass is 10.1. The number of nitriles is 1. The summed E-state index contributed by atoms with van der Waals surface area (Å²) in [6.07, 6.45) is 2.39. The van der Waals surface area contributed by atoms with Gasteiger partial charge in [0.1, 0.15) is 17.5 Å². The monoisotopic (exact) mass is 417 g/mol. The van der Waals surface area contributed by atoms with E-state index in [1.54, 1.807) is 6.07 Å². The van der Waals surface area contributed by atoms with Gasteiger partial charge in [0.05, 0.1) is 5.69 Å². The zero-order valence-corrected chi connectivity index (χ0v) is 17.1. The van der Waals surface area contributed by atoms with Crippen LogP contribution in [0.1, 0.15) is 30.3 Å². The van der Waals surface area contributed by atoms with Crippen molar-refractivity contribution in [3.8, 4) is 6.07 Å². The lowest BCUT2D eigenvalue weighted by Crippen LogP contribution is -2.22. The lowest BCUT2D eigenvalue weighted by molar-refractivity contribution is -0.142. The van der Waals surface area contributed by atoms with E-state index in [1.807, 2.05) is 19.9 Å². The van der Waals surface area contributed by atoms with Crippen molar-refractivity contribution < 1.29 is 18.7 Å². The first-order chi connectivity index (χ1) is 13.8. The van der Waals surface area contributed by atoms with Gasteiger partial charge in [0.2, 0.25) is 0 Å². The number of hydrogen-bond acceptors (Lipinski definition) is 4. The molecule has 0 unspecified atom stereocenters. The van der Waals surface area contributed by atoms with Crippen LogP contribution in [0, 0.1) is 31.0 Å². The molecule has 6 nitrogen and oxygen atoms in total. The minimum absolute atomic E-state index is 0.127. The van der Waals surface area contributed by atoms with Crippen LogP contribution in [0.5, 0.6) is 0 Å². The molecule has 1 aromatic carbocycles. The Morgan fingerprint density at radius 2 is 2.07 bits per heavy atom. The van der Waals surface area contributed by atoms with Crippen LogP contribution in [0.3, 0.4) is 0 Å². The van der Waals surface area contributed by atoms with Crippen molar-refractivity contribution in [2.45, 2.75) is 33.7 Å². The van der Waals surface area contributed by atoms with Crippen LogP contribution in [-0.4, -0.2) is 23.1 Å². The summed E-state index contributed by atoms with van der Waals surface area (Å²) in [5.74, 6) is -2.36. The highest BCUT2D eigenvalue weighted by atomic mass is 35.5. The number of carbonyl (C=O) groups excluding carboxylic acids is 2. The zero-order chi connectivity index (χ0) is 21.6. The number of benzene rings is 1. The third-order valence-electron chi connectivity index (χ3n) is 4.24. The normalized spacial score (nSPS) is 11.1. The fourth-order valence-electron chi connectivity index (χ4n) is 2.82. The number of esters is 1. The van der Waals surface area contributed by atoms with Crippen LogP contribution in [0.4, 0.5) is 10.1 Å². The Balaban J connectivity index is 2.06. The average molecular weight is 418 g/mol. The van der Waals surface area contributed by atoms with Gasteiger partial charge in [-0.3, -0.25) is 4.79 Å². The van der Waals surface area contributed by atoms with E-state index in [1.165, 1.54) is 18.2 Å². The van der Waals surface area contributed by atoms with E-state index in [0.29, 0.717) is 0 Å². The fraction of sp³-hybridized carbons (Fsp3) is 0.286. The number of aromatic nitrogens is 1. The summed E-state index contributed by atoms with van der Waals surface area (Å²) in [7, 11) is 0. The molecule has 0 fully saturated rings. The second kappa shape index (κ2) is 9.89. The molecule has 0 saturated carbocycles. The summed E-state index contributed by atoms with van der Waals surface area (Å²) in [6.45, 7) is 6.08. The van der Waals surface area contributed by atoms with Gasteiger partial charge in [0.15, 0.2) is 6.61 Å². The fourth-order valence-corrected chi connectivity index (χ4v) is 2.99. The molecule has 152 valence electrons. The van der Waals surface area contributed by atoms with Crippen LogP contribution in [0.25, 0.3) is 6.08 Å². The third kappa shape index (κ3) is 5.69. The van der Waals surface area contributed by atoms with Crippen molar-refractivity contribution in [3.63, 3.8) is 0 Å². The molecular weight excluding hydrogens is 397 g/mol. The molecule has 8 heteroatoms. The van der Waals surface area contributed by atoms with Crippen molar-refractivity contribution in [1.82, 2.24) is 4.57 Å². The van der Waals surface area contributed by atoms with Crippen molar-refractivity contribution in [3.05, 3.63) is 57.6 Å². The van der Waals surface area contributed by atoms with E-state index in [2.05, 4.69) is 16.8 Å². The maximum atomic E-state index is 13.6. The number of hydrogen-bond donors (Lipinski definition) is 1. The second-order valence-corrected chi connectivity index (χ2v) is 6.83. The van der Waals surface area contributed by atoms with Gasteiger partial charge in [-0.2, -0.15) is 5.26 Å². The quantitative estimate of drug-likeness (QED) is 0.411. The van der Waals surface area contributed by atoms with Gasteiger partial charge in [-0.05, 0) is 56.2 Å². The average Bonchev–Trinajstić information content (AvgIpc) is 2.94. The Morgan fingerprint density at radius 1 is 1.34 bits per heavy atom. The van der Waals surface area contributed by atoms with Gasteiger partial charge in [0.25, 0.3) is 5.91 Å². The largest absolute Gasteiger partial charge is 0.451 e. The molecule has 1 N–H and O–H groups in total. The summed E-state index contributed by atoms with van der Waals surface area (Å²) in [4.78, 5) is 24.1. The van der Waals surface area contributed by atoms with Crippen LogP contribution < -0.4 is 5.32 Å². The predicted molar refractivity (Wildman–Crippen MR) is 109 cm³/mol. The van der Waals surface area contributed by atoms with Crippen LogP contribution in [0.2, 0.25) is 5.02 Å². The molecule has 0 bridgehead atoms. The summed E-state index contributed by atoms with van der Waals surface area (Å²) in [5.41, 5.74) is 2.32. The molecule has 0 aliphatic heterocycles. The van der Waals surface area contributed by atoms with E-state index in [0.717, 1.165) is 36.0 Å².